The molecule has 0 aliphatic rings. The number of carboxylic acids is 1. The molecule has 2 aromatic carbocycles. The lowest BCUT2D eigenvalue weighted by atomic mass is 10.1. The van der Waals surface area contributed by atoms with Crippen LogP contribution in [0.25, 0.3) is 0 Å². The lowest BCUT2D eigenvalue weighted by molar-refractivity contribution is -0.139. The number of carboxylic acid groups (broad SMARTS) is 1. The largest absolute Gasteiger partial charge is 0.479 e. The highest BCUT2D eigenvalue weighted by atomic mass is 35.5. The third-order valence-electron chi connectivity index (χ3n) is 4.02. The fraction of sp³-hybridized carbons (Fsp3) is 0.100. The molecule has 29 heavy (non-hydrogen) atoms. The zero-order chi connectivity index (χ0) is 20.8. The molecular weight excluding hydrogens is 398 g/mol. The van der Waals surface area contributed by atoms with Crippen molar-refractivity contribution in [3.8, 4) is 0 Å². The van der Waals surface area contributed by atoms with Crippen LogP contribution in [0, 0.1) is 0 Å². The minimum absolute atomic E-state index is 0.0134. The maximum absolute atomic E-state index is 12.8. The van der Waals surface area contributed by atoms with Gasteiger partial charge in [-0.05, 0) is 11.1 Å². The standard InChI is InChI=1S/C20H16ClN3O5/c21-17-15(23-20(28)29-11-13-7-3-1-4-8-13)18(25)24(12-22-17)16(19(26)27)14-9-5-2-6-10-14/h1-10,12,16H,11H2,(H,23,28)(H,26,27). The second-order valence-corrected chi connectivity index (χ2v) is 6.32. The molecule has 0 spiro atoms. The summed E-state index contributed by atoms with van der Waals surface area (Å²) in [5.41, 5.74) is -0.0662. The molecule has 1 unspecified atom stereocenters. The highest BCUT2D eigenvalue weighted by Gasteiger charge is 2.25. The van der Waals surface area contributed by atoms with Gasteiger partial charge in [0.15, 0.2) is 11.2 Å². The van der Waals surface area contributed by atoms with Crippen molar-refractivity contribution in [2.45, 2.75) is 12.6 Å². The Morgan fingerprint density at radius 3 is 2.34 bits per heavy atom. The number of aromatic nitrogens is 2. The molecule has 0 fully saturated rings. The van der Waals surface area contributed by atoms with Crippen LogP contribution >= 0.6 is 11.6 Å². The minimum atomic E-state index is -1.34. The Bertz CT molecular complexity index is 1070. The summed E-state index contributed by atoms with van der Waals surface area (Å²) in [4.78, 5) is 40.5. The summed E-state index contributed by atoms with van der Waals surface area (Å²) < 4.78 is 5.96. The molecule has 0 bridgehead atoms. The zero-order valence-corrected chi connectivity index (χ0v) is 15.7. The normalized spacial score (nSPS) is 11.5. The maximum atomic E-state index is 12.8. The van der Waals surface area contributed by atoms with Crippen molar-refractivity contribution in [1.29, 1.82) is 0 Å². The molecule has 1 amide bonds. The lowest BCUT2D eigenvalue weighted by Crippen LogP contribution is -2.33. The summed E-state index contributed by atoms with van der Waals surface area (Å²) >= 11 is 5.95. The molecule has 3 aromatic rings. The predicted octanol–water partition coefficient (Wildman–Crippen LogP) is 3.32. The average molecular weight is 414 g/mol. The molecule has 3 rings (SSSR count). The van der Waals surface area contributed by atoms with E-state index in [9.17, 15) is 19.5 Å². The monoisotopic (exact) mass is 413 g/mol. The summed E-state index contributed by atoms with van der Waals surface area (Å²) in [7, 11) is 0. The Hall–Kier alpha value is -3.65. The zero-order valence-electron chi connectivity index (χ0n) is 15.0. The van der Waals surface area contributed by atoms with Gasteiger partial charge in [-0.25, -0.2) is 14.6 Å². The van der Waals surface area contributed by atoms with Gasteiger partial charge < -0.3 is 9.84 Å². The van der Waals surface area contributed by atoms with Crippen LogP contribution in [0.1, 0.15) is 17.2 Å². The third-order valence-corrected chi connectivity index (χ3v) is 4.30. The lowest BCUT2D eigenvalue weighted by Gasteiger charge is -2.17. The van der Waals surface area contributed by atoms with E-state index in [1.807, 2.05) is 6.07 Å². The Labute approximate surface area is 170 Å². The van der Waals surface area contributed by atoms with Crippen LogP contribution in [0.2, 0.25) is 5.15 Å². The Morgan fingerprint density at radius 2 is 1.72 bits per heavy atom. The van der Waals surface area contributed by atoms with Crippen LogP contribution in [0.5, 0.6) is 0 Å². The number of halogens is 1. The van der Waals surface area contributed by atoms with Crippen molar-refractivity contribution in [1.82, 2.24) is 9.55 Å². The van der Waals surface area contributed by atoms with Crippen molar-refractivity contribution in [2.75, 3.05) is 5.32 Å². The van der Waals surface area contributed by atoms with Gasteiger partial charge in [0.25, 0.3) is 5.56 Å². The van der Waals surface area contributed by atoms with E-state index in [1.54, 1.807) is 54.6 Å². The molecule has 0 aliphatic carbocycles. The van der Waals surface area contributed by atoms with E-state index >= 15 is 0 Å². The fourth-order valence-electron chi connectivity index (χ4n) is 2.65. The van der Waals surface area contributed by atoms with Crippen LogP contribution in [0.15, 0.2) is 71.8 Å². The second-order valence-electron chi connectivity index (χ2n) is 5.96. The molecule has 2 N–H and O–H groups in total. The highest BCUT2D eigenvalue weighted by Crippen LogP contribution is 2.20. The molecule has 0 saturated heterocycles. The molecule has 1 heterocycles. The SMILES string of the molecule is O=C(Nc1c(Cl)ncn(C(C(=O)O)c2ccccc2)c1=O)OCc1ccccc1. The van der Waals surface area contributed by atoms with Crippen molar-refractivity contribution < 1.29 is 19.4 Å². The van der Waals surface area contributed by atoms with Gasteiger partial charge in [-0.2, -0.15) is 0 Å². The third kappa shape index (κ3) is 4.80. The smallest absolute Gasteiger partial charge is 0.412 e. The van der Waals surface area contributed by atoms with E-state index in [0.717, 1.165) is 16.5 Å². The van der Waals surface area contributed by atoms with Gasteiger partial charge in [0.1, 0.15) is 18.6 Å². The van der Waals surface area contributed by atoms with Gasteiger partial charge in [0.05, 0.1) is 0 Å². The molecule has 9 heteroatoms. The summed E-state index contributed by atoms with van der Waals surface area (Å²) in [5.74, 6) is -1.26. The number of hydrogen-bond acceptors (Lipinski definition) is 5. The first-order chi connectivity index (χ1) is 14.0. The summed E-state index contributed by atoms with van der Waals surface area (Å²) in [6.07, 6.45) is 0.107. The predicted molar refractivity (Wildman–Crippen MR) is 106 cm³/mol. The Morgan fingerprint density at radius 1 is 1.10 bits per heavy atom. The van der Waals surface area contributed by atoms with Crippen LogP contribution in [-0.4, -0.2) is 26.7 Å². The van der Waals surface area contributed by atoms with Crippen molar-refractivity contribution in [3.05, 3.63) is 93.6 Å². The molecule has 0 aliphatic heterocycles. The van der Waals surface area contributed by atoms with Gasteiger partial charge in [-0.1, -0.05) is 72.3 Å². The average Bonchev–Trinajstić information content (AvgIpc) is 2.73. The molecule has 0 saturated carbocycles. The first kappa shape index (κ1) is 20.1. The summed E-state index contributed by atoms with van der Waals surface area (Å²) in [6, 6.07) is 15.8. The Kier molecular flexibility index (Phi) is 6.25. The van der Waals surface area contributed by atoms with Gasteiger partial charge in [0, 0.05) is 0 Å². The van der Waals surface area contributed by atoms with Crippen LogP contribution in [-0.2, 0) is 16.1 Å². The van der Waals surface area contributed by atoms with E-state index in [-0.39, 0.29) is 17.4 Å². The number of benzene rings is 2. The van der Waals surface area contributed by atoms with E-state index in [0.29, 0.717) is 5.56 Å². The van der Waals surface area contributed by atoms with Gasteiger partial charge in [-0.3, -0.25) is 14.7 Å². The fourth-order valence-corrected chi connectivity index (χ4v) is 2.83. The number of nitrogens with one attached hydrogen (secondary N) is 1. The van der Waals surface area contributed by atoms with Gasteiger partial charge >= 0.3 is 12.1 Å². The number of nitrogens with zero attached hydrogens (tertiary/aromatic N) is 2. The number of carbonyl (C=O) groups excluding carboxylic acids is 1. The maximum Gasteiger partial charge on any atom is 0.412 e. The number of hydrogen-bond donors (Lipinski definition) is 2. The molecule has 1 atom stereocenters. The highest BCUT2D eigenvalue weighted by molar-refractivity contribution is 6.32. The number of aliphatic carboxylic acids is 1. The second kappa shape index (κ2) is 9.03. The molecule has 0 radical (unpaired) electrons. The van der Waals surface area contributed by atoms with Gasteiger partial charge in [-0.15, -0.1) is 0 Å². The van der Waals surface area contributed by atoms with Crippen LogP contribution in [0.4, 0.5) is 10.5 Å². The minimum Gasteiger partial charge on any atom is -0.479 e. The van der Waals surface area contributed by atoms with E-state index < -0.39 is 23.7 Å². The Balaban J connectivity index is 1.86. The number of amides is 1. The van der Waals surface area contributed by atoms with Crippen LogP contribution < -0.4 is 10.9 Å². The van der Waals surface area contributed by atoms with Crippen LogP contribution in [0.3, 0.4) is 0 Å². The van der Waals surface area contributed by atoms with E-state index in [2.05, 4.69) is 10.3 Å². The topological polar surface area (TPSA) is 111 Å². The molecule has 148 valence electrons. The quantitative estimate of drug-likeness (QED) is 0.600. The van der Waals surface area contributed by atoms with Gasteiger partial charge in [0.2, 0.25) is 0 Å². The number of anilines is 1. The molecule has 8 nitrogen and oxygen atoms in total. The van der Waals surface area contributed by atoms with E-state index in [4.69, 9.17) is 16.3 Å². The first-order valence-corrected chi connectivity index (χ1v) is 8.87. The molecule has 1 aromatic heterocycles. The number of ether oxygens (including phenoxy) is 1. The van der Waals surface area contributed by atoms with Crippen molar-refractivity contribution in [3.63, 3.8) is 0 Å². The summed E-state index contributed by atoms with van der Waals surface area (Å²) in [5, 5.41) is 11.6. The number of rotatable bonds is 6. The van der Waals surface area contributed by atoms with E-state index in [1.165, 1.54) is 0 Å². The number of carbonyl (C=O) groups is 2. The van der Waals surface area contributed by atoms with Crippen molar-refractivity contribution in [2.24, 2.45) is 0 Å². The summed E-state index contributed by atoms with van der Waals surface area (Å²) in [6.45, 7) is -0.0134. The van der Waals surface area contributed by atoms with Crippen molar-refractivity contribution >= 4 is 29.4 Å². The first-order valence-electron chi connectivity index (χ1n) is 8.49. The molecular formula is C20H16ClN3O5.